The van der Waals surface area contributed by atoms with Gasteiger partial charge in [-0.05, 0) is 68.1 Å². The van der Waals surface area contributed by atoms with E-state index in [-0.39, 0.29) is 5.82 Å². The zero-order valence-corrected chi connectivity index (χ0v) is 17.5. The van der Waals surface area contributed by atoms with Crippen LogP contribution in [0.15, 0.2) is 34.7 Å². The average Bonchev–Trinajstić information content (AvgIpc) is 3.31. The molecule has 2 fully saturated rings. The summed E-state index contributed by atoms with van der Waals surface area (Å²) in [6, 6.07) is 9.06. The second-order valence-electron chi connectivity index (χ2n) is 8.53. The predicted octanol–water partition coefficient (Wildman–Crippen LogP) is 4.06. The van der Waals surface area contributed by atoms with E-state index in [4.69, 9.17) is 13.9 Å². The van der Waals surface area contributed by atoms with E-state index in [1.807, 2.05) is 12.1 Å². The van der Waals surface area contributed by atoms with Gasteiger partial charge in [0.1, 0.15) is 29.7 Å². The van der Waals surface area contributed by atoms with Crippen molar-refractivity contribution in [3.8, 4) is 5.75 Å². The molecule has 1 aromatic heterocycles. The van der Waals surface area contributed by atoms with Gasteiger partial charge in [0.05, 0.1) is 13.7 Å². The number of furan rings is 1. The number of nitrogens with zero attached hydrogens (tertiary/aromatic N) is 2. The molecule has 0 saturated carbocycles. The highest BCUT2D eigenvalue weighted by atomic mass is 19.1. The van der Waals surface area contributed by atoms with E-state index in [1.54, 1.807) is 20.3 Å². The van der Waals surface area contributed by atoms with Gasteiger partial charge in [0.15, 0.2) is 0 Å². The van der Waals surface area contributed by atoms with Gasteiger partial charge in [-0.15, -0.1) is 0 Å². The summed E-state index contributed by atoms with van der Waals surface area (Å²) in [5.74, 6) is 2.44. The number of rotatable bonds is 7. The van der Waals surface area contributed by atoms with E-state index < -0.39 is 0 Å². The molecule has 1 atom stereocenters. The molecule has 0 unspecified atom stereocenters. The van der Waals surface area contributed by atoms with Crippen molar-refractivity contribution in [2.75, 3.05) is 40.4 Å². The molecule has 158 valence electrons. The highest BCUT2D eigenvalue weighted by molar-refractivity contribution is 5.29. The lowest BCUT2D eigenvalue weighted by molar-refractivity contribution is 0.0847. The second-order valence-corrected chi connectivity index (χ2v) is 8.53. The van der Waals surface area contributed by atoms with E-state index in [0.717, 1.165) is 56.2 Å². The number of methoxy groups -OCH3 is 2. The molecule has 2 aromatic rings. The quantitative estimate of drug-likeness (QED) is 0.698. The van der Waals surface area contributed by atoms with Gasteiger partial charge in [-0.1, -0.05) is 0 Å². The Bertz CT molecular complexity index is 824. The lowest BCUT2D eigenvalue weighted by atomic mass is 9.79. The molecule has 2 aliphatic heterocycles. The van der Waals surface area contributed by atoms with Crippen LogP contribution >= 0.6 is 0 Å². The van der Waals surface area contributed by atoms with E-state index in [2.05, 4.69) is 15.9 Å². The summed E-state index contributed by atoms with van der Waals surface area (Å²) in [5.41, 5.74) is 1.02. The number of ether oxygens (including phenoxy) is 2. The van der Waals surface area contributed by atoms with Gasteiger partial charge in [0, 0.05) is 32.3 Å². The normalized spacial score (nSPS) is 23.1. The molecule has 29 heavy (non-hydrogen) atoms. The molecule has 0 N–H and O–H groups in total. The Morgan fingerprint density at radius 1 is 1.00 bits per heavy atom. The van der Waals surface area contributed by atoms with Crippen molar-refractivity contribution in [3.63, 3.8) is 0 Å². The maximum Gasteiger partial charge on any atom is 0.129 e. The minimum atomic E-state index is -0.150. The van der Waals surface area contributed by atoms with Crippen LogP contribution < -0.4 is 4.74 Å². The Hall–Kier alpha value is -1.89. The molecule has 0 aliphatic carbocycles. The fourth-order valence-corrected chi connectivity index (χ4v) is 4.93. The molecule has 0 bridgehead atoms. The number of likely N-dealkylation sites (tertiary alicyclic amines) is 2. The van der Waals surface area contributed by atoms with Crippen molar-refractivity contribution in [2.45, 2.75) is 39.0 Å². The minimum Gasteiger partial charge on any atom is -0.497 e. The summed E-state index contributed by atoms with van der Waals surface area (Å²) >= 11 is 0. The Labute approximate surface area is 172 Å². The number of benzene rings is 1. The zero-order chi connectivity index (χ0) is 20.3. The van der Waals surface area contributed by atoms with Crippen molar-refractivity contribution in [2.24, 2.45) is 5.41 Å². The SMILES string of the molecule is COCc1ccc(CN2CC[C@@]3(CCCN(Cc4cc(OC)ccc4F)C3)C2)o1. The van der Waals surface area contributed by atoms with Crippen molar-refractivity contribution in [1.82, 2.24) is 9.80 Å². The lowest BCUT2D eigenvalue weighted by Gasteiger charge is -2.40. The maximum atomic E-state index is 14.3. The number of halogens is 1. The molecule has 2 saturated heterocycles. The van der Waals surface area contributed by atoms with Crippen LogP contribution in [0.1, 0.15) is 36.3 Å². The molecule has 1 aromatic carbocycles. The molecule has 2 aliphatic rings. The van der Waals surface area contributed by atoms with Gasteiger partial charge < -0.3 is 13.9 Å². The standard InChI is InChI=1S/C23H31FN2O3/c1-27-15-21-5-4-20(29-21)14-26-11-9-23(17-26)8-3-10-25(16-23)13-18-12-19(28-2)6-7-22(18)24/h4-7,12H,3,8-11,13-17H2,1-2H3/t23-/m1/s1. The highest BCUT2D eigenvalue weighted by Gasteiger charge is 2.41. The van der Waals surface area contributed by atoms with Crippen LogP contribution in [-0.4, -0.2) is 50.2 Å². The Morgan fingerprint density at radius 3 is 2.59 bits per heavy atom. The molecular formula is C23H31FN2O3. The maximum absolute atomic E-state index is 14.3. The van der Waals surface area contributed by atoms with E-state index in [0.29, 0.717) is 24.3 Å². The van der Waals surface area contributed by atoms with Crippen LogP contribution in [0.5, 0.6) is 5.75 Å². The molecule has 3 heterocycles. The predicted molar refractivity (Wildman–Crippen MR) is 109 cm³/mol. The molecular weight excluding hydrogens is 371 g/mol. The fourth-order valence-electron chi connectivity index (χ4n) is 4.93. The first kappa shape index (κ1) is 20.4. The van der Waals surface area contributed by atoms with Crippen LogP contribution in [0.4, 0.5) is 4.39 Å². The van der Waals surface area contributed by atoms with Gasteiger partial charge in [-0.3, -0.25) is 9.80 Å². The fraction of sp³-hybridized carbons (Fsp3) is 0.565. The summed E-state index contributed by atoms with van der Waals surface area (Å²) in [7, 11) is 3.30. The monoisotopic (exact) mass is 402 g/mol. The Balaban J connectivity index is 1.36. The number of hydrogen-bond acceptors (Lipinski definition) is 5. The highest BCUT2D eigenvalue weighted by Crippen LogP contribution is 2.40. The number of hydrogen-bond donors (Lipinski definition) is 0. The van der Waals surface area contributed by atoms with Crippen molar-refractivity contribution < 1.29 is 18.3 Å². The van der Waals surface area contributed by atoms with Crippen LogP contribution in [0.25, 0.3) is 0 Å². The van der Waals surface area contributed by atoms with Gasteiger partial charge in [-0.2, -0.15) is 0 Å². The van der Waals surface area contributed by atoms with E-state index in [1.165, 1.54) is 18.9 Å². The first-order chi connectivity index (χ1) is 14.1. The topological polar surface area (TPSA) is 38.1 Å². The molecule has 0 radical (unpaired) electrons. The summed E-state index contributed by atoms with van der Waals surface area (Å²) in [5, 5.41) is 0. The molecule has 4 rings (SSSR count). The van der Waals surface area contributed by atoms with E-state index in [9.17, 15) is 4.39 Å². The van der Waals surface area contributed by atoms with Gasteiger partial charge in [0.2, 0.25) is 0 Å². The third-order valence-electron chi connectivity index (χ3n) is 6.29. The molecule has 1 spiro atoms. The number of piperidine rings is 1. The molecule has 0 amide bonds. The third kappa shape index (κ3) is 4.82. The van der Waals surface area contributed by atoms with Gasteiger partial charge in [0.25, 0.3) is 0 Å². The van der Waals surface area contributed by atoms with E-state index >= 15 is 0 Å². The zero-order valence-electron chi connectivity index (χ0n) is 17.5. The first-order valence-corrected chi connectivity index (χ1v) is 10.4. The third-order valence-corrected chi connectivity index (χ3v) is 6.29. The summed E-state index contributed by atoms with van der Waals surface area (Å²) in [4.78, 5) is 4.90. The van der Waals surface area contributed by atoms with Crippen molar-refractivity contribution >= 4 is 0 Å². The smallest absolute Gasteiger partial charge is 0.129 e. The largest absolute Gasteiger partial charge is 0.497 e. The average molecular weight is 403 g/mol. The van der Waals surface area contributed by atoms with Crippen LogP contribution in [0.2, 0.25) is 0 Å². The van der Waals surface area contributed by atoms with Crippen LogP contribution in [-0.2, 0) is 24.4 Å². The lowest BCUT2D eigenvalue weighted by Crippen LogP contribution is -2.44. The van der Waals surface area contributed by atoms with Crippen LogP contribution in [0, 0.1) is 11.2 Å². The van der Waals surface area contributed by atoms with Crippen molar-refractivity contribution in [3.05, 3.63) is 53.2 Å². The summed E-state index contributed by atoms with van der Waals surface area (Å²) < 4.78 is 30.6. The summed E-state index contributed by atoms with van der Waals surface area (Å²) in [6.07, 6.45) is 3.60. The van der Waals surface area contributed by atoms with Crippen LogP contribution in [0.3, 0.4) is 0 Å². The molecule has 6 heteroatoms. The molecule has 5 nitrogen and oxygen atoms in total. The second kappa shape index (κ2) is 8.86. The Morgan fingerprint density at radius 2 is 1.79 bits per heavy atom. The minimum absolute atomic E-state index is 0.150. The Kier molecular flexibility index (Phi) is 6.23. The summed E-state index contributed by atoms with van der Waals surface area (Å²) in [6.45, 7) is 6.20. The van der Waals surface area contributed by atoms with Gasteiger partial charge >= 0.3 is 0 Å². The van der Waals surface area contributed by atoms with Gasteiger partial charge in [-0.25, -0.2) is 4.39 Å². The first-order valence-electron chi connectivity index (χ1n) is 10.4. The van der Waals surface area contributed by atoms with Crippen molar-refractivity contribution in [1.29, 1.82) is 0 Å².